The molecule has 2 aromatic carbocycles. The maximum atomic E-state index is 12.4. The van der Waals surface area contributed by atoms with Gasteiger partial charge in [-0.2, -0.15) is 13.6 Å². The Morgan fingerprint density at radius 1 is 1.03 bits per heavy atom. The van der Waals surface area contributed by atoms with Crippen molar-refractivity contribution in [3.63, 3.8) is 0 Å². The van der Waals surface area contributed by atoms with Crippen LogP contribution in [0.3, 0.4) is 0 Å². The third kappa shape index (κ3) is 5.03. The van der Waals surface area contributed by atoms with Gasteiger partial charge in [-0.15, -0.1) is 0 Å². The molecular weight excluding hydrogens is 423 g/mol. The third-order valence-corrected chi connectivity index (χ3v) is 5.78. The fraction of sp³-hybridized carbons (Fsp3) is 0.118. The monoisotopic (exact) mass is 440 g/mol. The predicted octanol–water partition coefficient (Wildman–Crippen LogP) is 2.86. The first-order valence-electron chi connectivity index (χ1n) is 8.03. The SMILES string of the molecule is COP(=O)(Nc1ccc(-c2cc3ccc(OS(N)(=O)=O)cc3oc2=O)cc1)OC. The van der Waals surface area contributed by atoms with E-state index in [1.54, 1.807) is 30.3 Å². The van der Waals surface area contributed by atoms with E-state index in [1.807, 2.05) is 0 Å². The molecule has 154 valence electrons. The summed E-state index contributed by atoms with van der Waals surface area (Å²) >= 11 is 0. The largest absolute Gasteiger partial charge is 0.432 e. The van der Waals surface area contributed by atoms with E-state index in [0.717, 1.165) is 0 Å². The number of anilines is 1. The van der Waals surface area contributed by atoms with Gasteiger partial charge in [-0.1, -0.05) is 12.1 Å². The lowest BCUT2D eigenvalue weighted by Gasteiger charge is -2.15. The minimum Gasteiger partial charge on any atom is -0.422 e. The Labute approximate surface area is 166 Å². The van der Waals surface area contributed by atoms with Gasteiger partial charge < -0.3 is 8.60 Å². The normalized spacial score (nSPS) is 12.1. The number of rotatable bonds is 7. The average molecular weight is 440 g/mol. The second kappa shape index (κ2) is 7.97. The molecule has 0 saturated heterocycles. The number of hydrogen-bond acceptors (Lipinski definition) is 8. The van der Waals surface area contributed by atoms with Crippen molar-refractivity contribution in [2.45, 2.75) is 0 Å². The molecule has 3 N–H and O–H groups in total. The van der Waals surface area contributed by atoms with E-state index in [1.165, 1.54) is 32.4 Å². The Morgan fingerprint density at radius 2 is 1.69 bits per heavy atom. The van der Waals surface area contributed by atoms with Crippen molar-refractivity contribution in [2.75, 3.05) is 19.3 Å². The molecule has 3 rings (SSSR count). The Bertz CT molecular complexity index is 1250. The molecule has 29 heavy (non-hydrogen) atoms. The van der Waals surface area contributed by atoms with Crippen molar-refractivity contribution >= 4 is 34.7 Å². The van der Waals surface area contributed by atoms with Crippen molar-refractivity contribution in [3.05, 3.63) is 59.0 Å². The van der Waals surface area contributed by atoms with Gasteiger partial charge in [-0.3, -0.25) is 14.1 Å². The molecule has 0 atom stereocenters. The van der Waals surface area contributed by atoms with Gasteiger partial charge in [0.25, 0.3) is 0 Å². The number of nitrogens with two attached hydrogens (primary N) is 1. The lowest BCUT2D eigenvalue weighted by Crippen LogP contribution is -2.18. The molecule has 0 aliphatic heterocycles. The van der Waals surface area contributed by atoms with Crippen LogP contribution in [-0.4, -0.2) is 22.6 Å². The molecule has 0 fully saturated rings. The zero-order valence-electron chi connectivity index (χ0n) is 15.3. The second-order valence-electron chi connectivity index (χ2n) is 5.78. The Morgan fingerprint density at radius 3 is 2.28 bits per heavy atom. The second-order valence-corrected chi connectivity index (χ2v) is 8.88. The smallest absolute Gasteiger partial charge is 0.422 e. The quantitative estimate of drug-likeness (QED) is 0.418. The van der Waals surface area contributed by atoms with E-state index in [-0.39, 0.29) is 16.9 Å². The number of fused-ring (bicyclic) bond motifs is 1. The maximum absolute atomic E-state index is 12.4. The summed E-state index contributed by atoms with van der Waals surface area (Å²) in [5.74, 6) is -0.0768. The highest BCUT2D eigenvalue weighted by atomic mass is 32.2. The standard InChI is InChI=1S/C17H17N2O8PS/c1-24-28(21,25-2)19-13-6-3-11(4-7-13)15-9-12-5-8-14(27-29(18,22)23)10-16(12)26-17(15)20/h3-10H,1-2H3,(H,19,21)(H2,18,22,23). The first kappa shape index (κ1) is 21.0. The van der Waals surface area contributed by atoms with Gasteiger partial charge in [-0.25, -0.2) is 9.36 Å². The van der Waals surface area contributed by atoms with E-state index in [0.29, 0.717) is 16.6 Å². The summed E-state index contributed by atoms with van der Waals surface area (Å²) in [4.78, 5) is 12.4. The highest BCUT2D eigenvalue weighted by Gasteiger charge is 2.20. The Kier molecular flexibility index (Phi) is 5.78. The molecule has 0 bridgehead atoms. The first-order valence-corrected chi connectivity index (χ1v) is 11.0. The minimum absolute atomic E-state index is 0.0768. The van der Waals surface area contributed by atoms with Gasteiger partial charge in [0.15, 0.2) is 0 Å². The zero-order valence-corrected chi connectivity index (χ0v) is 17.0. The Balaban J connectivity index is 1.93. The summed E-state index contributed by atoms with van der Waals surface area (Å²) in [6.07, 6.45) is 0. The predicted molar refractivity (Wildman–Crippen MR) is 107 cm³/mol. The van der Waals surface area contributed by atoms with Crippen LogP contribution in [0.1, 0.15) is 0 Å². The zero-order chi connectivity index (χ0) is 21.2. The summed E-state index contributed by atoms with van der Waals surface area (Å²) in [5, 5.41) is 8.02. The molecule has 0 saturated carbocycles. The lowest BCUT2D eigenvalue weighted by atomic mass is 10.1. The third-order valence-electron chi connectivity index (χ3n) is 3.86. The van der Waals surface area contributed by atoms with Crippen LogP contribution in [0, 0.1) is 0 Å². The highest BCUT2D eigenvalue weighted by molar-refractivity contribution is 7.84. The van der Waals surface area contributed by atoms with Crippen LogP contribution in [0.2, 0.25) is 0 Å². The molecule has 3 aromatic rings. The van der Waals surface area contributed by atoms with Crippen molar-refractivity contribution < 1.29 is 30.6 Å². The molecule has 0 radical (unpaired) electrons. The van der Waals surface area contributed by atoms with Gasteiger partial charge in [-0.05, 0) is 35.9 Å². The van der Waals surface area contributed by atoms with Crippen LogP contribution in [0.15, 0.2) is 57.7 Å². The minimum atomic E-state index is -4.19. The van der Waals surface area contributed by atoms with Gasteiger partial charge in [0, 0.05) is 31.4 Å². The summed E-state index contributed by atoms with van der Waals surface area (Å²) < 4.78 is 53.6. The number of nitrogens with one attached hydrogen (secondary N) is 1. The molecule has 1 heterocycles. The van der Waals surface area contributed by atoms with Gasteiger partial charge in [0.05, 0.1) is 5.56 Å². The molecule has 0 aliphatic carbocycles. The summed E-state index contributed by atoms with van der Waals surface area (Å²) in [6, 6.07) is 12.2. The number of hydrogen-bond donors (Lipinski definition) is 2. The molecule has 0 unspecified atom stereocenters. The van der Waals surface area contributed by atoms with E-state index in [4.69, 9.17) is 18.6 Å². The van der Waals surface area contributed by atoms with Crippen LogP contribution in [-0.2, 0) is 23.9 Å². The highest BCUT2D eigenvalue weighted by Crippen LogP contribution is 2.46. The van der Waals surface area contributed by atoms with E-state index >= 15 is 0 Å². The molecule has 0 spiro atoms. The molecular formula is C17H17N2O8PS. The fourth-order valence-electron chi connectivity index (χ4n) is 2.53. The van der Waals surface area contributed by atoms with Crippen LogP contribution < -0.4 is 20.0 Å². The average Bonchev–Trinajstić information content (AvgIpc) is 2.67. The molecule has 1 aromatic heterocycles. The molecule has 0 aliphatic rings. The van der Waals surface area contributed by atoms with Gasteiger partial charge >= 0.3 is 23.7 Å². The number of benzene rings is 2. The Hall–Kier alpha value is -2.69. The first-order chi connectivity index (χ1) is 13.6. The van der Waals surface area contributed by atoms with Gasteiger partial charge in [0.1, 0.15) is 11.3 Å². The maximum Gasteiger partial charge on any atom is 0.432 e. The van der Waals surface area contributed by atoms with E-state index in [9.17, 15) is 17.8 Å². The van der Waals surface area contributed by atoms with Crippen LogP contribution >= 0.6 is 7.75 Å². The van der Waals surface area contributed by atoms with Crippen molar-refractivity contribution in [1.29, 1.82) is 0 Å². The molecule has 10 nitrogen and oxygen atoms in total. The van der Waals surface area contributed by atoms with Crippen molar-refractivity contribution in [2.24, 2.45) is 5.14 Å². The van der Waals surface area contributed by atoms with E-state index in [2.05, 4.69) is 9.27 Å². The summed E-state index contributed by atoms with van der Waals surface area (Å²) in [5.41, 5.74) is 0.812. The van der Waals surface area contributed by atoms with Crippen LogP contribution in [0.25, 0.3) is 22.1 Å². The van der Waals surface area contributed by atoms with Crippen molar-refractivity contribution in [3.8, 4) is 16.9 Å². The van der Waals surface area contributed by atoms with Crippen molar-refractivity contribution in [1.82, 2.24) is 0 Å². The van der Waals surface area contributed by atoms with E-state index < -0.39 is 23.7 Å². The van der Waals surface area contributed by atoms with Crippen LogP contribution in [0.4, 0.5) is 5.69 Å². The summed E-state index contributed by atoms with van der Waals surface area (Å²) in [6.45, 7) is 0. The fourth-order valence-corrected chi connectivity index (χ4v) is 3.70. The topological polar surface area (TPSA) is 147 Å². The summed E-state index contributed by atoms with van der Waals surface area (Å²) in [7, 11) is -5.13. The van der Waals surface area contributed by atoms with Gasteiger partial charge in [0.2, 0.25) is 0 Å². The van der Waals surface area contributed by atoms with Crippen LogP contribution in [0.5, 0.6) is 5.75 Å². The molecule has 12 heteroatoms. The lowest BCUT2D eigenvalue weighted by molar-refractivity contribution is 0.281. The molecule has 0 amide bonds.